The van der Waals surface area contributed by atoms with Gasteiger partial charge in [0.2, 0.25) is 5.91 Å². The minimum absolute atomic E-state index is 0.0800. The zero-order valence-corrected chi connectivity index (χ0v) is 12.7. The zero-order chi connectivity index (χ0) is 15.3. The van der Waals surface area contributed by atoms with E-state index < -0.39 is 0 Å². The fraction of sp³-hybridized carbons (Fsp3) is 0.533. The van der Waals surface area contributed by atoms with Crippen molar-refractivity contribution in [3.8, 4) is 0 Å². The van der Waals surface area contributed by atoms with Crippen molar-refractivity contribution in [2.45, 2.75) is 6.61 Å². The minimum Gasteiger partial charge on any atom is -0.383 e. The van der Waals surface area contributed by atoms with Gasteiger partial charge in [-0.15, -0.1) is 0 Å². The second-order valence-electron chi connectivity index (χ2n) is 4.46. The monoisotopic (exact) mass is 296 g/mol. The van der Waals surface area contributed by atoms with E-state index in [-0.39, 0.29) is 12.5 Å². The predicted molar refractivity (Wildman–Crippen MR) is 81.3 cm³/mol. The van der Waals surface area contributed by atoms with Crippen LogP contribution in [0.25, 0.3) is 0 Å². The van der Waals surface area contributed by atoms with Crippen molar-refractivity contribution in [1.82, 2.24) is 5.32 Å². The molecule has 0 bridgehead atoms. The molecule has 118 valence electrons. The summed E-state index contributed by atoms with van der Waals surface area (Å²) in [7, 11) is 3.27. The Bertz CT molecular complexity index is 412. The van der Waals surface area contributed by atoms with E-state index in [1.807, 2.05) is 24.3 Å². The fourth-order valence-corrected chi connectivity index (χ4v) is 1.65. The Hall–Kier alpha value is -1.47. The predicted octanol–water partition coefficient (Wildman–Crippen LogP) is 1.02. The standard InChI is InChI=1S/C15H24N2O4/c1-19-7-6-16-11-15(18)17-14-5-3-4-13(10-14)12-21-9-8-20-2/h3-5,10,16H,6-9,11-12H2,1-2H3,(H,17,18). The molecule has 6 heteroatoms. The topological polar surface area (TPSA) is 68.8 Å². The lowest BCUT2D eigenvalue weighted by molar-refractivity contribution is -0.115. The Morgan fingerprint density at radius 3 is 2.71 bits per heavy atom. The Morgan fingerprint density at radius 1 is 1.14 bits per heavy atom. The van der Waals surface area contributed by atoms with Gasteiger partial charge in [-0.2, -0.15) is 0 Å². The second-order valence-corrected chi connectivity index (χ2v) is 4.46. The molecule has 21 heavy (non-hydrogen) atoms. The number of carbonyl (C=O) groups excluding carboxylic acids is 1. The SMILES string of the molecule is COCCNCC(=O)Nc1cccc(COCCOC)c1. The molecule has 0 aliphatic rings. The van der Waals surface area contributed by atoms with E-state index in [0.717, 1.165) is 11.3 Å². The summed E-state index contributed by atoms with van der Waals surface area (Å²) in [6.45, 7) is 3.12. The van der Waals surface area contributed by atoms with Crippen LogP contribution in [0.4, 0.5) is 5.69 Å². The molecule has 0 radical (unpaired) electrons. The van der Waals surface area contributed by atoms with E-state index in [9.17, 15) is 4.79 Å². The van der Waals surface area contributed by atoms with E-state index in [0.29, 0.717) is 33.0 Å². The quantitative estimate of drug-likeness (QED) is 0.597. The number of hydrogen-bond acceptors (Lipinski definition) is 5. The number of amides is 1. The van der Waals surface area contributed by atoms with E-state index in [1.165, 1.54) is 0 Å². The molecule has 1 aromatic rings. The Balaban J connectivity index is 2.32. The number of ether oxygens (including phenoxy) is 3. The summed E-state index contributed by atoms with van der Waals surface area (Å²) in [5, 5.41) is 5.83. The highest BCUT2D eigenvalue weighted by atomic mass is 16.5. The van der Waals surface area contributed by atoms with Gasteiger partial charge in [-0.25, -0.2) is 0 Å². The number of methoxy groups -OCH3 is 2. The van der Waals surface area contributed by atoms with Crippen LogP contribution in [-0.4, -0.2) is 53.0 Å². The molecule has 1 amide bonds. The molecular weight excluding hydrogens is 272 g/mol. The number of rotatable bonds is 11. The van der Waals surface area contributed by atoms with E-state index >= 15 is 0 Å². The van der Waals surface area contributed by atoms with Gasteiger partial charge in [0, 0.05) is 26.5 Å². The summed E-state index contributed by atoms with van der Waals surface area (Å²) in [4.78, 5) is 11.7. The fourth-order valence-electron chi connectivity index (χ4n) is 1.65. The molecule has 0 unspecified atom stereocenters. The summed E-state index contributed by atoms with van der Waals surface area (Å²) in [5.41, 5.74) is 1.78. The molecular formula is C15H24N2O4. The van der Waals surface area contributed by atoms with Crippen molar-refractivity contribution in [2.75, 3.05) is 52.4 Å². The lowest BCUT2D eigenvalue weighted by Gasteiger charge is -2.09. The third kappa shape index (κ3) is 8.41. The highest BCUT2D eigenvalue weighted by molar-refractivity contribution is 5.92. The highest BCUT2D eigenvalue weighted by Gasteiger charge is 2.02. The molecule has 2 N–H and O–H groups in total. The Morgan fingerprint density at radius 2 is 1.95 bits per heavy atom. The van der Waals surface area contributed by atoms with Crippen molar-refractivity contribution in [3.63, 3.8) is 0 Å². The van der Waals surface area contributed by atoms with Gasteiger partial charge in [0.05, 0.1) is 33.0 Å². The van der Waals surface area contributed by atoms with Crippen LogP contribution in [0.2, 0.25) is 0 Å². The van der Waals surface area contributed by atoms with Gasteiger partial charge in [0.1, 0.15) is 0 Å². The third-order valence-electron chi connectivity index (χ3n) is 2.68. The molecule has 0 fully saturated rings. The minimum atomic E-state index is -0.0800. The van der Waals surface area contributed by atoms with Gasteiger partial charge in [0.15, 0.2) is 0 Å². The van der Waals surface area contributed by atoms with Crippen LogP contribution in [0.1, 0.15) is 5.56 Å². The molecule has 0 aliphatic carbocycles. The second kappa shape index (κ2) is 11.2. The molecule has 1 rings (SSSR count). The first-order valence-corrected chi connectivity index (χ1v) is 6.91. The smallest absolute Gasteiger partial charge is 0.238 e. The van der Waals surface area contributed by atoms with Crippen LogP contribution in [0.3, 0.4) is 0 Å². The summed E-state index contributed by atoms with van der Waals surface area (Å²) in [5.74, 6) is -0.0800. The maximum Gasteiger partial charge on any atom is 0.238 e. The summed E-state index contributed by atoms with van der Waals surface area (Å²) in [6.07, 6.45) is 0. The molecule has 1 aromatic carbocycles. The summed E-state index contributed by atoms with van der Waals surface area (Å²) >= 11 is 0. The average molecular weight is 296 g/mol. The van der Waals surface area contributed by atoms with Crippen molar-refractivity contribution in [2.24, 2.45) is 0 Å². The molecule has 0 spiro atoms. The summed E-state index contributed by atoms with van der Waals surface area (Å²) in [6, 6.07) is 7.61. The molecule has 0 saturated heterocycles. The van der Waals surface area contributed by atoms with Gasteiger partial charge in [-0.1, -0.05) is 12.1 Å². The van der Waals surface area contributed by atoms with Crippen LogP contribution in [-0.2, 0) is 25.6 Å². The highest BCUT2D eigenvalue weighted by Crippen LogP contribution is 2.11. The maximum absolute atomic E-state index is 11.7. The Kier molecular flexibility index (Phi) is 9.39. The molecule has 0 atom stereocenters. The largest absolute Gasteiger partial charge is 0.383 e. The Labute approximate surface area is 125 Å². The van der Waals surface area contributed by atoms with E-state index in [4.69, 9.17) is 14.2 Å². The van der Waals surface area contributed by atoms with Crippen molar-refractivity contribution in [1.29, 1.82) is 0 Å². The third-order valence-corrected chi connectivity index (χ3v) is 2.68. The molecule has 0 aliphatic heterocycles. The first-order valence-electron chi connectivity index (χ1n) is 6.91. The van der Waals surface area contributed by atoms with Gasteiger partial charge in [-0.05, 0) is 17.7 Å². The van der Waals surface area contributed by atoms with E-state index in [2.05, 4.69) is 10.6 Å². The number of anilines is 1. The lowest BCUT2D eigenvalue weighted by Crippen LogP contribution is -2.30. The average Bonchev–Trinajstić information content (AvgIpc) is 2.49. The normalized spacial score (nSPS) is 10.6. The van der Waals surface area contributed by atoms with Crippen molar-refractivity contribution < 1.29 is 19.0 Å². The van der Waals surface area contributed by atoms with Crippen LogP contribution in [0.15, 0.2) is 24.3 Å². The zero-order valence-electron chi connectivity index (χ0n) is 12.7. The number of hydrogen-bond donors (Lipinski definition) is 2. The van der Waals surface area contributed by atoms with Crippen molar-refractivity contribution >= 4 is 11.6 Å². The van der Waals surface area contributed by atoms with Gasteiger partial charge < -0.3 is 24.8 Å². The first-order chi connectivity index (χ1) is 10.3. The van der Waals surface area contributed by atoms with Crippen LogP contribution >= 0.6 is 0 Å². The van der Waals surface area contributed by atoms with Crippen LogP contribution in [0, 0.1) is 0 Å². The van der Waals surface area contributed by atoms with Gasteiger partial charge >= 0.3 is 0 Å². The number of nitrogens with one attached hydrogen (secondary N) is 2. The first kappa shape index (κ1) is 17.6. The number of carbonyl (C=O) groups is 1. The van der Waals surface area contributed by atoms with Crippen LogP contribution < -0.4 is 10.6 Å². The summed E-state index contributed by atoms with van der Waals surface area (Å²) < 4.78 is 15.3. The molecule has 0 saturated carbocycles. The van der Waals surface area contributed by atoms with Crippen LogP contribution in [0.5, 0.6) is 0 Å². The maximum atomic E-state index is 11.7. The van der Waals surface area contributed by atoms with Gasteiger partial charge in [-0.3, -0.25) is 4.79 Å². The lowest BCUT2D eigenvalue weighted by atomic mass is 10.2. The molecule has 0 heterocycles. The van der Waals surface area contributed by atoms with E-state index in [1.54, 1.807) is 14.2 Å². The molecule has 6 nitrogen and oxygen atoms in total. The number of benzene rings is 1. The van der Waals surface area contributed by atoms with Crippen molar-refractivity contribution in [3.05, 3.63) is 29.8 Å². The molecule has 0 aromatic heterocycles. The van der Waals surface area contributed by atoms with Gasteiger partial charge in [0.25, 0.3) is 0 Å².